The Morgan fingerprint density at radius 3 is 2.54 bits per heavy atom. The van der Waals surface area contributed by atoms with Crippen LogP contribution in [0.3, 0.4) is 0 Å². The van der Waals surface area contributed by atoms with Crippen molar-refractivity contribution in [1.82, 2.24) is 10.2 Å². The molecule has 2 aliphatic carbocycles. The predicted molar refractivity (Wildman–Crippen MR) is 87.4 cm³/mol. The highest BCUT2D eigenvalue weighted by Gasteiger charge is 2.42. The average molecular weight is 334 g/mol. The van der Waals surface area contributed by atoms with E-state index < -0.39 is 0 Å². The highest BCUT2D eigenvalue weighted by atomic mass is 16.7. The van der Waals surface area contributed by atoms with E-state index in [1.165, 1.54) is 0 Å². The van der Waals surface area contributed by atoms with E-state index in [4.69, 9.17) is 13.9 Å². The van der Waals surface area contributed by atoms with Gasteiger partial charge in [0.25, 0.3) is 0 Å². The molecule has 6 heteroatoms. The lowest BCUT2D eigenvalue weighted by Gasteiger charge is -2.37. The number of carbonyl (C=O) groups excluding carboxylic acids is 1. The van der Waals surface area contributed by atoms with Crippen LogP contribution >= 0.6 is 0 Å². The first kappa shape index (κ1) is 16.0. The summed E-state index contributed by atoms with van der Waals surface area (Å²) in [5.74, 6) is 0.464. The largest absolute Gasteiger partial charge is 0.467 e. The number of amides is 2. The molecule has 6 nitrogen and oxygen atoms in total. The van der Waals surface area contributed by atoms with Gasteiger partial charge >= 0.3 is 6.03 Å². The van der Waals surface area contributed by atoms with Crippen molar-refractivity contribution in [1.29, 1.82) is 0 Å². The molecule has 1 aromatic heterocycles. The summed E-state index contributed by atoms with van der Waals surface area (Å²) in [7, 11) is 0. The lowest BCUT2D eigenvalue weighted by molar-refractivity contribution is -0.179. The van der Waals surface area contributed by atoms with Gasteiger partial charge in [-0.3, -0.25) is 0 Å². The summed E-state index contributed by atoms with van der Waals surface area (Å²) in [6.45, 7) is 3.41. The second-order valence-electron chi connectivity index (χ2n) is 7.16. The van der Waals surface area contributed by atoms with E-state index in [2.05, 4.69) is 5.32 Å². The van der Waals surface area contributed by atoms with E-state index in [-0.39, 0.29) is 23.9 Å². The maximum absolute atomic E-state index is 12.9. The van der Waals surface area contributed by atoms with Gasteiger partial charge in [0.05, 0.1) is 25.5 Å². The predicted octanol–water partition coefficient (Wildman–Crippen LogP) is 3.20. The summed E-state index contributed by atoms with van der Waals surface area (Å²) >= 11 is 0. The Balaban J connectivity index is 1.36. The second kappa shape index (κ2) is 6.41. The Bertz CT molecular complexity index is 554. The SMILES string of the molecule is C[C@@H](c1ccco1)N(C(=O)NC1CCC2(CC1)OCCO2)C1CC1. The van der Waals surface area contributed by atoms with Crippen molar-refractivity contribution in [3.05, 3.63) is 24.2 Å². The molecule has 1 saturated heterocycles. The molecular weight excluding hydrogens is 308 g/mol. The molecule has 1 N–H and O–H groups in total. The Hall–Kier alpha value is -1.53. The normalized spacial score (nSPS) is 24.9. The van der Waals surface area contributed by atoms with Gasteiger partial charge in [-0.2, -0.15) is 0 Å². The first-order valence-electron chi connectivity index (χ1n) is 9.07. The van der Waals surface area contributed by atoms with Crippen molar-refractivity contribution in [2.75, 3.05) is 13.2 Å². The number of furan rings is 1. The Labute approximate surface area is 142 Å². The molecule has 0 radical (unpaired) electrons. The quantitative estimate of drug-likeness (QED) is 0.918. The van der Waals surface area contributed by atoms with Gasteiger partial charge in [-0.15, -0.1) is 0 Å². The van der Waals surface area contributed by atoms with Gasteiger partial charge in [-0.05, 0) is 44.7 Å². The first-order chi connectivity index (χ1) is 11.7. The van der Waals surface area contributed by atoms with Crippen molar-refractivity contribution in [2.45, 2.75) is 69.4 Å². The molecule has 1 atom stereocenters. The fourth-order valence-electron chi connectivity index (χ4n) is 3.91. The fraction of sp³-hybridized carbons (Fsp3) is 0.722. The van der Waals surface area contributed by atoms with Gasteiger partial charge in [0.1, 0.15) is 5.76 Å². The molecule has 3 aliphatic rings. The molecule has 2 amide bonds. The Morgan fingerprint density at radius 2 is 1.96 bits per heavy atom. The molecule has 4 rings (SSSR count). The van der Waals surface area contributed by atoms with Crippen molar-refractivity contribution < 1.29 is 18.7 Å². The Kier molecular flexibility index (Phi) is 4.26. The summed E-state index contributed by atoms with van der Waals surface area (Å²) in [5.41, 5.74) is 0. The monoisotopic (exact) mass is 334 g/mol. The van der Waals surface area contributed by atoms with Crippen LogP contribution in [0.4, 0.5) is 4.79 Å². The summed E-state index contributed by atoms with van der Waals surface area (Å²) in [6.07, 6.45) is 7.34. The minimum absolute atomic E-state index is 0.0237. The number of ether oxygens (including phenoxy) is 2. The summed E-state index contributed by atoms with van der Waals surface area (Å²) in [5, 5.41) is 3.22. The van der Waals surface area contributed by atoms with E-state index in [1.54, 1.807) is 6.26 Å². The minimum Gasteiger partial charge on any atom is -0.467 e. The fourth-order valence-corrected chi connectivity index (χ4v) is 3.91. The number of urea groups is 1. The zero-order valence-electron chi connectivity index (χ0n) is 14.2. The van der Waals surface area contributed by atoms with Crippen LogP contribution in [0.5, 0.6) is 0 Å². The van der Waals surface area contributed by atoms with Crippen LogP contribution < -0.4 is 5.32 Å². The van der Waals surface area contributed by atoms with Crippen molar-refractivity contribution in [3.63, 3.8) is 0 Å². The Morgan fingerprint density at radius 1 is 1.25 bits per heavy atom. The average Bonchev–Trinajstić information content (AvgIpc) is 3.09. The molecule has 0 unspecified atom stereocenters. The molecule has 2 heterocycles. The minimum atomic E-state index is -0.376. The van der Waals surface area contributed by atoms with Crippen molar-refractivity contribution >= 4 is 6.03 Å². The highest BCUT2D eigenvalue weighted by Crippen LogP contribution is 2.37. The third-order valence-corrected chi connectivity index (χ3v) is 5.44. The van der Waals surface area contributed by atoms with Gasteiger partial charge in [-0.1, -0.05) is 0 Å². The topological polar surface area (TPSA) is 63.9 Å². The van der Waals surface area contributed by atoms with E-state index >= 15 is 0 Å². The first-order valence-corrected chi connectivity index (χ1v) is 9.07. The van der Waals surface area contributed by atoms with Crippen LogP contribution in [-0.4, -0.2) is 42.0 Å². The van der Waals surface area contributed by atoms with Gasteiger partial charge in [0.15, 0.2) is 5.79 Å². The molecule has 132 valence electrons. The summed E-state index contributed by atoms with van der Waals surface area (Å²) in [4.78, 5) is 14.8. The van der Waals surface area contributed by atoms with Gasteiger partial charge in [0, 0.05) is 24.9 Å². The number of nitrogens with zero attached hydrogens (tertiary/aromatic N) is 1. The maximum atomic E-state index is 12.9. The molecule has 24 heavy (non-hydrogen) atoms. The number of hydrogen-bond donors (Lipinski definition) is 1. The molecule has 2 saturated carbocycles. The zero-order valence-corrected chi connectivity index (χ0v) is 14.2. The zero-order chi connectivity index (χ0) is 16.6. The van der Waals surface area contributed by atoms with E-state index in [0.717, 1.165) is 44.3 Å². The number of rotatable bonds is 4. The molecule has 1 aromatic rings. The van der Waals surface area contributed by atoms with Crippen molar-refractivity contribution in [3.8, 4) is 0 Å². The number of carbonyl (C=O) groups is 1. The van der Waals surface area contributed by atoms with E-state index in [1.807, 2.05) is 24.0 Å². The van der Waals surface area contributed by atoms with Crippen LogP contribution in [0, 0.1) is 0 Å². The summed E-state index contributed by atoms with van der Waals surface area (Å²) in [6, 6.07) is 4.32. The molecule has 0 bridgehead atoms. The molecule has 0 aromatic carbocycles. The van der Waals surface area contributed by atoms with Crippen LogP contribution in [0.1, 0.15) is 57.3 Å². The standard InChI is InChI=1S/C18H26N2O4/c1-13(16-3-2-10-22-16)20(15-4-5-15)17(21)19-14-6-8-18(9-7-14)23-11-12-24-18/h2-3,10,13-15H,4-9,11-12H2,1H3,(H,19,21)/t13-/m0/s1. The van der Waals surface area contributed by atoms with Gasteiger partial charge in [-0.25, -0.2) is 4.79 Å². The number of hydrogen-bond acceptors (Lipinski definition) is 4. The molecule has 1 aliphatic heterocycles. The third kappa shape index (κ3) is 3.17. The molecule has 1 spiro atoms. The van der Waals surface area contributed by atoms with Crippen LogP contribution in [0.15, 0.2) is 22.8 Å². The second-order valence-corrected chi connectivity index (χ2v) is 7.16. The highest BCUT2D eigenvalue weighted by molar-refractivity contribution is 5.75. The lowest BCUT2D eigenvalue weighted by atomic mass is 9.90. The maximum Gasteiger partial charge on any atom is 0.318 e. The number of nitrogens with one attached hydrogen (secondary N) is 1. The molecular formula is C18H26N2O4. The van der Waals surface area contributed by atoms with Crippen LogP contribution in [0.2, 0.25) is 0 Å². The van der Waals surface area contributed by atoms with Gasteiger partial charge in [0.2, 0.25) is 0 Å². The lowest BCUT2D eigenvalue weighted by Crippen LogP contribution is -2.49. The smallest absolute Gasteiger partial charge is 0.318 e. The summed E-state index contributed by atoms with van der Waals surface area (Å²) < 4.78 is 17.0. The van der Waals surface area contributed by atoms with E-state index in [0.29, 0.717) is 19.3 Å². The van der Waals surface area contributed by atoms with Crippen LogP contribution in [0.25, 0.3) is 0 Å². The molecule has 3 fully saturated rings. The third-order valence-electron chi connectivity index (χ3n) is 5.44. The van der Waals surface area contributed by atoms with Gasteiger partial charge < -0.3 is 24.1 Å². The van der Waals surface area contributed by atoms with E-state index in [9.17, 15) is 4.79 Å². The van der Waals surface area contributed by atoms with Crippen LogP contribution in [-0.2, 0) is 9.47 Å². The van der Waals surface area contributed by atoms with Crippen molar-refractivity contribution in [2.24, 2.45) is 0 Å².